The first kappa shape index (κ1) is 15.0. The van der Waals surface area contributed by atoms with Gasteiger partial charge in [0.05, 0.1) is 5.69 Å². The van der Waals surface area contributed by atoms with Gasteiger partial charge < -0.3 is 5.11 Å². The van der Waals surface area contributed by atoms with Crippen molar-refractivity contribution in [3.8, 4) is 16.9 Å². The van der Waals surface area contributed by atoms with Crippen LogP contribution >= 0.6 is 0 Å². The molecule has 5 nitrogen and oxygen atoms in total. The van der Waals surface area contributed by atoms with Crippen LogP contribution in [0.3, 0.4) is 0 Å². The maximum absolute atomic E-state index is 11.6. The Bertz CT molecular complexity index is 897. The molecule has 0 aliphatic carbocycles. The van der Waals surface area contributed by atoms with E-state index >= 15 is 0 Å². The molecule has 0 amide bonds. The van der Waals surface area contributed by atoms with Gasteiger partial charge in [0, 0.05) is 5.56 Å². The largest absolute Gasteiger partial charge is 0.476 e. The molecule has 116 valence electrons. The van der Waals surface area contributed by atoms with Crippen molar-refractivity contribution < 1.29 is 9.90 Å². The number of aromatic nitrogens is 3. The maximum Gasteiger partial charge on any atom is 0.358 e. The van der Waals surface area contributed by atoms with Crippen LogP contribution in [0.25, 0.3) is 16.9 Å². The van der Waals surface area contributed by atoms with Gasteiger partial charge >= 0.3 is 5.97 Å². The molecule has 0 atom stereocenters. The Kier molecular flexibility index (Phi) is 3.70. The number of carboxylic acid groups (broad SMARTS) is 1. The molecule has 0 saturated heterocycles. The standard InChI is InChI=1S/C18H17N3O2/c1-11-8-9-14(10-13(11)3)17-16(18(22)23)19-20-21(17)15-7-5-4-6-12(15)2/h4-10H,1-3H3,(H,22,23). The first-order valence-electron chi connectivity index (χ1n) is 7.31. The highest BCUT2D eigenvalue weighted by Gasteiger charge is 2.22. The monoisotopic (exact) mass is 307 g/mol. The summed E-state index contributed by atoms with van der Waals surface area (Å²) in [4.78, 5) is 11.6. The molecule has 2 aromatic carbocycles. The maximum atomic E-state index is 11.6. The van der Waals surface area contributed by atoms with Crippen molar-refractivity contribution in [1.29, 1.82) is 0 Å². The van der Waals surface area contributed by atoms with Crippen LogP contribution in [0.1, 0.15) is 27.2 Å². The third-order valence-electron chi connectivity index (χ3n) is 4.00. The third kappa shape index (κ3) is 2.61. The lowest BCUT2D eigenvalue weighted by molar-refractivity contribution is 0.0691. The number of aromatic carboxylic acids is 1. The minimum Gasteiger partial charge on any atom is -0.476 e. The fourth-order valence-electron chi connectivity index (χ4n) is 2.54. The van der Waals surface area contributed by atoms with Crippen LogP contribution in [0.15, 0.2) is 42.5 Å². The van der Waals surface area contributed by atoms with E-state index in [0.29, 0.717) is 5.69 Å². The van der Waals surface area contributed by atoms with Crippen molar-refractivity contribution in [1.82, 2.24) is 15.0 Å². The molecule has 3 aromatic rings. The first-order chi connectivity index (χ1) is 11.0. The van der Waals surface area contributed by atoms with Crippen LogP contribution in [0.4, 0.5) is 0 Å². The van der Waals surface area contributed by atoms with Crippen molar-refractivity contribution in [2.45, 2.75) is 20.8 Å². The van der Waals surface area contributed by atoms with E-state index < -0.39 is 5.97 Å². The molecule has 0 fully saturated rings. The molecule has 1 aromatic heterocycles. The van der Waals surface area contributed by atoms with Crippen LogP contribution < -0.4 is 0 Å². The average Bonchev–Trinajstić information content (AvgIpc) is 2.95. The number of rotatable bonds is 3. The van der Waals surface area contributed by atoms with Crippen molar-refractivity contribution >= 4 is 5.97 Å². The number of carbonyl (C=O) groups is 1. The van der Waals surface area contributed by atoms with Gasteiger partial charge in [-0.2, -0.15) is 0 Å². The van der Waals surface area contributed by atoms with Gasteiger partial charge in [-0.25, -0.2) is 9.48 Å². The van der Waals surface area contributed by atoms with Crippen molar-refractivity contribution in [2.75, 3.05) is 0 Å². The molecule has 0 saturated carbocycles. The lowest BCUT2D eigenvalue weighted by Gasteiger charge is -2.11. The van der Waals surface area contributed by atoms with Gasteiger partial charge in [0.2, 0.25) is 0 Å². The highest BCUT2D eigenvalue weighted by atomic mass is 16.4. The molecule has 23 heavy (non-hydrogen) atoms. The number of aryl methyl sites for hydroxylation is 3. The van der Waals surface area contributed by atoms with E-state index in [4.69, 9.17) is 0 Å². The van der Waals surface area contributed by atoms with Gasteiger partial charge in [-0.3, -0.25) is 0 Å². The summed E-state index contributed by atoms with van der Waals surface area (Å²) in [6.45, 7) is 5.98. The number of hydrogen-bond acceptors (Lipinski definition) is 3. The van der Waals surface area contributed by atoms with Crippen LogP contribution in [0.2, 0.25) is 0 Å². The Labute approximate surface area is 134 Å². The predicted octanol–water partition coefficient (Wildman–Crippen LogP) is 3.56. The van der Waals surface area contributed by atoms with E-state index in [2.05, 4.69) is 10.3 Å². The number of carboxylic acids is 1. The minimum atomic E-state index is -1.09. The number of nitrogens with zero attached hydrogens (tertiary/aromatic N) is 3. The molecule has 5 heteroatoms. The summed E-state index contributed by atoms with van der Waals surface area (Å²) >= 11 is 0. The normalized spacial score (nSPS) is 10.7. The van der Waals surface area contributed by atoms with Crippen LogP contribution in [-0.2, 0) is 0 Å². The van der Waals surface area contributed by atoms with Gasteiger partial charge in [0.25, 0.3) is 0 Å². The van der Waals surface area contributed by atoms with E-state index in [-0.39, 0.29) is 5.69 Å². The van der Waals surface area contributed by atoms with E-state index in [9.17, 15) is 9.90 Å². The molecule has 1 N–H and O–H groups in total. The van der Waals surface area contributed by atoms with Gasteiger partial charge in [0.1, 0.15) is 5.69 Å². The van der Waals surface area contributed by atoms with Crippen LogP contribution in [0, 0.1) is 20.8 Å². The summed E-state index contributed by atoms with van der Waals surface area (Å²) in [7, 11) is 0. The highest BCUT2D eigenvalue weighted by Crippen LogP contribution is 2.28. The summed E-state index contributed by atoms with van der Waals surface area (Å²) in [6, 6.07) is 13.5. The van der Waals surface area contributed by atoms with Gasteiger partial charge in [-0.15, -0.1) is 5.10 Å². The molecule has 0 aliphatic heterocycles. The molecular formula is C18H17N3O2. The summed E-state index contributed by atoms with van der Waals surface area (Å²) in [5.74, 6) is -1.09. The van der Waals surface area contributed by atoms with Crippen LogP contribution in [0.5, 0.6) is 0 Å². The fraction of sp³-hybridized carbons (Fsp3) is 0.167. The zero-order valence-electron chi connectivity index (χ0n) is 13.2. The second-order valence-electron chi connectivity index (χ2n) is 5.59. The van der Waals surface area contributed by atoms with Crippen molar-refractivity contribution in [3.05, 3.63) is 64.8 Å². The average molecular weight is 307 g/mol. The molecule has 0 bridgehead atoms. The van der Waals surface area contributed by atoms with Crippen molar-refractivity contribution in [3.63, 3.8) is 0 Å². The molecule has 3 rings (SSSR count). The van der Waals surface area contributed by atoms with E-state index in [0.717, 1.165) is 27.9 Å². The SMILES string of the molecule is Cc1ccc(-c2c(C(=O)O)nnn2-c2ccccc2C)cc1C. The van der Waals surface area contributed by atoms with Gasteiger partial charge in [-0.05, 0) is 49.6 Å². The second-order valence-corrected chi connectivity index (χ2v) is 5.59. The molecule has 1 heterocycles. The lowest BCUT2D eigenvalue weighted by Crippen LogP contribution is -2.04. The Morgan fingerprint density at radius 2 is 1.74 bits per heavy atom. The minimum absolute atomic E-state index is 0.0449. The summed E-state index contributed by atoms with van der Waals surface area (Å²) < 4.78 is 1.60. The zero-order chi connectivity index (χ0) is 16.6. The highest BCUT2D eigenvalue weighted by molar-refractivity contribution is 5.93. The van der Waals surface area contributed by atoms with Gasteiger partial charge in [-0.1, -0.05) is 35.5 Å². The summed E-state index contributed by atoms with van der Waals surface area (Å²) in [5.41, 5.74) is 5.31. The van der Waals surface area contributed by atoms with Crippen molar-refractivity contribution in [2.24, 2.45) is 0 Å². The van der Waals surface area contributed by atoms with Gasteiger partial charge in [0.15, 0.2) is 5.69 Å². The lowest BCUT2D eigenvalue weighted by atomic mass is 10.0. The number of benzene rings is 2. The van der Waals surface area contributed by atoms with E-state index in [1.54, 1.807) is 4.68 Å². The first-order valence-corrected chi connectivity index (χ1v) is 7.31. The second kappa shape index (κ2) is 5.68. The number of para-hydroxylation sites is 1. The van der Waals surface area contributed by atoms with E-state index in [1.807, 2.05) is 63.2 Å². The Morgan fingerprint density at radius 3 is 2.39 bits per heavy atom. The molecule has 0 spiro atoms. The molecule has 0 aliphatic rings. The third-order valence-corrected chi connectivity index (χ3v) is 4.00. The van der Waals surface area contributed by atoms with Crippen LogP contribution in [-0.4, -0.2) is 26.1 Å². The topological polar surface area (TPSA) is 68.0 Å². The molecule has 0 radical (unpaired) electrons. The van der Waals surface area contributed by atoms with E-state index in [1.165, 1.54) is 0 Å². The molecular weight excluding hydrogens is 290 g/mol. The summed E-state index contributed by atoms with van der Waals surface area (Å²) in [6.07, 6.45) is 0. The Balaban J connectivity index is 2.29. The predicted molar refractivity (Wildman–Crippen MR) is 88.0 cm³/mol. The molecule has 0 unspecified atom stereocenters. The Morgan fingerprint density at radius 1 is 1.00 bits per heavy atom. The quantitative estimate of drug-likeness (QED) is 0.803. The zero-order valence-corrected chi connectivity index (χ0v) is 13.2. The fourth-order valence-corrected chi connectivity index (χ4v) is 2.54. The summed E-state index contributed by atoms with van der Waals surface area (Å²) in [5, 5.41) is 17.4. The smallest absolute Gasteiger partial charge is 0.358 e. The number of hydrogen-bond donors (Lipinski definition) is 1. The Hall–Kier alpha value is -2.95.